The van der Waals surface area contributed by atoms with Crippen LogP contribution >= 0.6 is 0 Å². The van der Waals surface area contributed by atoms with Gasteiger partial charge in [-0.3, -0.25) is 0 Å². The normalized spacial score (nSPS) is 11.2. The van der Waals surface area contributed by atoms with Gasteiger partial charge in [-0.1, -0.05) is 0 Å². The third kappa shape index (κ3) is 4.58. The van der Waals surface area contributed by atoms with E-state index in [-0.39, 0.29) is 5.75 Å². The zero-order valence-corrected chi connectivity index (χ0v) is 8.10. The molecule has 0 saturated carbocycles. The summed E-state index contributed by atoms with van der Waals surface area (Å²) in [4.78, 5) is 0. The van der Waals surface area contributed by atoms with Crippen molar-refractivity contribution in [3.8, 4) is 11.5 Å². The molecule has 1 aromatic rings. The van der Waals surface area contributed by atoms with E-state index in [2.05, 4.69) is 10.8 Å². The molecule has 0 N–H and O–H groups in total. The summed E-state index contributed by atoms with van der Waals surface area (Å²) in [5.41, 5.74) is 0. The molecule has 2 nitrogen and oxygen atoms in total. The molecule has 0 aromatic heterocycles. The highest BCUT2D eigenvalue weighted by molar-refractivity contribution is 5.32. The number of halogens is 3. The Labute approximate surface area is 85.6 Å². The van der Waals surface area contributed by atoms with E-state index >= 15 is 0 Å². The Kier molecular flexibility index (Phi) is 3.82. The average molecular weight is 219 g/mol. The minimum absolute atomic E-state index is 0.0956. The second-order valence-electron chi connectivity index (χ2n) is 2.74. The molecule has 5 heteroatoms. The predicted octanol–water partition coefficient (Wildman–Crippen LogP) is 2.83. The van der Waals surface area contributed by atoms with Crippen LogP contribution in [0.25, 0.3) is 0 Å². The Bertz CT molecular complexity index is 310. The van der Waals surface area contributed by atoms with Crippen LogP contribution in [0.4, 0.5) is 13.2 Å². The maximum atomic E-state index is 11.8. The van der Waals surface area contributed by atoms with Gasteiger partial charge in [-0.2, -0.15) is 13.2 Å². The van der Waals surface area contributed by atoms with Crippen molar-refractivity contribution < 1.29 is 22.6 Å². The standard InChI is InChI=1S/C10H10F3O2/c1-2-14-8-4-3-5-9(6-8)15-7-10(11,12)13/h4-6H,2,7H2,1H3. The summed E-state index contributed by atoms with van der Waals surface area (Å²) in [7, 11) is 0. The first-order chi connectivity index (χ1) is 7.01. The Morgan fingerprint density at radius 2 is 1.80 bits per heavy atom. The van der Waals surface area contributed by atoms with Crippen molar-refractivity contribution in [2.24, 2.45) is 0 Å². The molecule has 0 atom stereocenters. The van der Waals surface area contributed by atoms with Gasteiger partial charge in [-0.25, -0.2) is 0 Å². The summed E-state index contributed by atoms with van der Waals surface area (Å²) in [5, 5.41) is 0. The topological polar surface area (TPSA) is 18.5 Å². The molecule has 0 aliphatic heterocycles. The van der Waals surface area contributed by atoms with Gasteiger partial charge in [-0.05, 0) is 25.1 Å². The van der Waals surface area contributed by atoms with Gasteiger partial charge in [0, 0.05) is 6.07 Å². The van der Waals surface area contributed by atoms with Crippen molar-refractivity contribution in [3.05, 3.63) is 24.3 Å². The van der Waals surface area contributed by atoms with Crippen molar-refractivity contribution in [3.63, 3.8) is 0 Å². The molecule has 1 rings (SSSR count). The smallest absolute Gasteiger partial charge is 0.422 e. The number of ether oxygens (including phenoxy) is 2. The van der Waals surface area contributed by atoms with Crippen LogP contribution in [0.15, 0.2) is 18.2 Å². The zero-order chi connectivity index (χ0) is 11.3. The fraction of sp³-hybridized carbons (Fsp3) is 0.400. The van der Waals surface area contributed by atoms with Crippen LogP contribution in [-0.2, 0) is 0 Å². The molecular weight excluding hydrogens is 209 g/mol. The molecule has 1 radical (unpaired) electrons. The Balaban J connectivity index is 2.57. The van der Waals surface area contributed by atoms with E-state index in [0.29, 0.717) is 12.4 Å². The number of alkyl halides is 3. The summed E-state index contributed by atoms with van der Waals surface area (Å²) in [6.07, 6.45) is -4.33. The first-order valence-corrected chi connectivity index (χ1v) is 4.35. The predicted molar refractivity (Wildman–Crippen MR) is 48.0 cm³/mol. The van der Waals surface area contributed by atoms with Crippen LogP contribution in [0.3, 0.4) is 0 Å². The van der Waals surface area contributed by atoms with E-state index in [1.807, 2.05) is 0 Å². The highest BCUT2D eigenvalue weighted by atomic mass is 19.4. The first-order valence-electron chi connectivity index (χ1n) is 4.35. The quantitative estimate of drug-likeness (QED) is 0.775. The molecule has 0 spiro atoms. The molecule has 0 aliphatic rings. The van der Waals surface area contributed by atoms with Crippen LogP contribution in [0.5, 0.6) is 11.5 Å². The summed E-state index contributed by atoms with van der Waals surface area (Å²) < 4.78 is 45.1. The van der Waals surface area contributed by atoms with Crippen LogP contribution < -0.4 is 9.47 Å². The van der Waals surface area contributed by atoms with Gasteiger partial charge in [0.1, 0.15) is 11.5 Å². The van der Waals surface area contributed by atoms with E-state index in [9.17, 15) is 13.2 Å². The van der Waals surface area contributed by atoms with Gasteiger partial charge in [0.25, 0.3) is 0 Å². The minimum atomic E-state index is -4.33. The monoisotopic (exact) mass is 219 g/mol. The molecule has 0 heterocycles. The summed E-state index contributed by atoms with van der Waals surface area (Å²) in [5.74, 6) is 0.537. The van der Waals surface area contributed by atoms with Gasteiger partial charge in [0.2, 0.25) is 0 Å². The Morgan fingerprint density at radius 3 is 2.33 bits per heavy atom. The van der Waals surface area contributed by atoms with Gasteiger partial charge in [0.15, 0.2) is 6.61 Å². The van der Waals surface area contributed by atoms with E-state index in [4.69, 9.17) is 4.74 Å². The van der Waals surface area contributed by atoms with Gasteiger partial charge in [-0.15, -0.1) is 0 Å². The second kappa shape index (κ2) is 4.91. The SMILES string of the molecule is CCOc1c[c]cc(OCC(F)(F)F)c1. The van der Waals surface area contributed by atoms with E-state index in [1.165, 1.54) is 18.2 Å². The van der Waals surface area contributed by atoms with Crippen molar-refractivity contribution >= 4 is 0 Å². The van der Waals surface area contributed by atoms with Crippen molar-refractivity contribution in [1.82, 2.24) is 0 Å². The second-order valence-corrected chi connectivity index (χ2v) is 2.74. The van der Waals surface area contributed by atoms with Crippen molar-refractivity contribution in [2.45, 2.75) is 13.1 Å². The Hall–Kier alpha value is -1.39. The van der Waals surface area contributed by atoms with Crippen molar-refractivity contribution in [2.75, 3.05) is 13.2 Å². The number of hydrogen-bond donors (Lipinski definition) is 0. The molecular formula is C10H10F3O2. The highest BCUT2D eigenvalue weighted by Crippen LogP contribution is 2.22. The molecule has 0 amide bonds. The van der Waals surface area contributed by atoms with Gasteiger partial charge < -0.3 is 9.47 Å². The largest absolute Gasteiger partial charge is 0.494 e. The summed E-state index contributed by atoms with van der Waals surface area (Å²) in [6, 6.07) is 6.89. The maximum Gasteiger partial charge on any atom is 0.422 e. The molecule has 0 fully saturated rings. The van der Waals surface area contributed by atoms with E-state index in [1.54, 1.807) is 6.92 Å². The lowest BCUT2D eigenvalue weighted by Gasteiger charge is -2.10. The van der Waals surface area contributed by atoms with Crippen molar-refractivity contribution in [1.29, 1.82) is 0 Å². The molecule has 0 aliphatic carbocycles. The molecule has 1 aromatic carbocycles. The van der Waals surface area contributed by atoms with Gasteiger partial charge in [0.05, 0.1) is 6.61 Å². The Morgan fingerprint density at radius 1 is 1.20 bits per heavy atom. The minimum Gasteiger partial charge on any atom is -0.494 e. The lowest BCUT2D eigenvalue weighted by Crippen LogP contribution is -2.19. The molecule has 0 unspecified atom stereocenters. The maximum absolute atomic E-state index is 11.8. The van der Waals surface area contributed by atoms with E-state index in [0.717, 1.165) is 0 Å². The molecule has 0 saturated heterocycles. The van der Waals surface area contributed by atoms with E-state index < -0.39 is 12.8 Å². The van der Waals surface area contributed by atoms with Crippen LogP contribution in [0, 0.1) is 6.07 Å². The molecule has 83 valence electrons. The zero-order valence-electron chi connectivity index (χ0n) is 8.10. The fourth-order valence-electron chi connectivity index (χ4n) is 0.928. The third-order valence-electron chi connectivity index (χ3n) is 1.45. The molecule has 0 bridgehead atoms. The average Bonchev–Trinajstić information content (AvgIpc) is 2.15. The van der Waals surface area contributed by atoms with Crippen LogP contribution in [-0.4, -0.2) is 19.4 Å². The highest BCUT2D eigenvalue weighted by Gasteiger charge is 2.28. The van der Waals surface area contributed by atoms with Crippen LogP contribution in [0.2, 0.25) is 0 Å². The fourth-order valence-corrected chi connectivity index (χ4v) is 0.928. The third-order valence-corrected chi connectivity index (χ3v) is 1.45. The lowest BCUT2D eigenvalue weighted by atomic mass is 10.3. The number of benzene rings is 1. The lowest BCUT2D eigenvalue weighted by molar-refractivity contribution is -0.153. The summed E-state index contributed by atoms with van der Waals surface area (Å²) in [6.45, 7) is 0.913. The molecule has 15 heavy (non-hydrogen) atoms. The first kappa shape index (κ1) is 11.7. The number of rotatable bonds is 4. The summed E-state index contributed by atoms with van der Waals surface area (Å²) >= 11 is 0. The van der Waals surface area contributed by atoms with Crippen LogP contribution in [0.1, 0.15) is 6.92 Å². The van der Waals surface area contributed by atoms with Gasteiger partial charge >= 0.3 is 6.18 Å². The number of hydrogen-bond acceptors (Lipinski definition) is 2.